The number of methoxy groups -OCH3 is 1. The predicted octanol–water partition coefficient (Wildman–Crippen LogP) is 2.43. The number of hydrogen-bond donors (Lipinski definition) is 1. The third-order valence-corrected chi connectivity index (χ3v) is 4.59. The van der Waals surface area contributed by atoms with Crippen LogP contribution >= 0.6 is 0 Å². The number of piperidine rings is 1. The van der Waals surface area contributed by atoms with Crippen molar-refractivity contribution >= 4 is 5.91 Å². The molecule has 1 heterocycles. The molecule has 116 valence electrons. The van der Waals surface area contributed by atoms with Gasteiger partial charge in [-0.2, -0.15) is 0 Å². The Bertz CT molecular complexity index is 481. The van der Waals surface area contributed by atoms with Crippen molar-refractivity contribution in [2.75, 3.05) is 27.2 Å². The van der Waals surface area contributed by atoms with Crippen LogP contribution in [0.15, 0.2) is 24.3 Å². The molecule has 0 unspecified atom stereocenters. The summed E-state index contributed by atoms with van der Waals surface area (Å²) in [6.45, 7) is 4.63. The van der Waals surface area contributed by atoms with E-state index in [2.05, 4.69) is 12.2 Å². The average Bonchev–Trinajstić information content (AvgIpc) is 2.54. The molecule has 21 heavy (non-hydrogen) atoms. The maximum Gasteiger partial charge on any atom is 0.228 e. The zero-order valence-corrected chi connectivity index (χ0v) is 13.3. The van der Waals surface area contributed by atoms with Gasteiger partial charge in [0, 0.05) is 13.6 Å². The Morgan fingerprint density at radius 2 is 2.10 bits per heavy atom. The number of nitrogens with one attached hydrogen (secondary N) is 1. The molecule has 4 nitrogen and oxygen atoms in total. The van der Waals surface area contributed by atoms with Gasteiger partial charge in [-0.1, -0.05) is 19.1 Å². The minimum atomic E-state index is -0.182. The summed E-state index contributed by atoms with van der Waals surface area (Å²) >= 11 is 0. The minimum absolute atomic E-state index is 0.182. The van der Waals surface area contributed by atoms with E-state index in [0.29, 0.717) is 6.54 Å². The monoisotopic (exact) mass is 290 g/mol. The molecule has 0 bridgehead atoms. The molecule has 1 aromatic carbocycles. The van der Waals surface area contributed by atoms with Crippen molar-refractivity contribution in [3.05, 3.63) is 29.8 Å². The molecule has 4 heteroatoms. The Balaban J connectivity index is 2.07. The quantitative estimate of drug-likeness (QED) is 0.905. The Labute approximate surface area is 127 Å². The second kappa shape index (κ2) is 6.94. The summed E-state index contributed by atoms with van der Waals surface area (Å²) in [5, 5.41) is 3.35. The lowest BCUT2D eigenvalue weighted by Gasteiger charge is -2.38. The number of rotatable bonds is 5. The Morgan fingerprint density at radius 3 is 2.71 bits per heavy atom. The van der Waals surface area contributed by atoms with E-state index in [1.165, 1.54) is 0 Å². The molecule has 0 radical (unpaired) electrons. The highest BCUT2D eigenvalue weighted by Gasteiger charge is 2.39. The van der Waals surface area contributed by atoms with E-state index in [-0.39, 0.29) is 11.3 Å². The molecule has 1 fully saturated rings. The van der Waals surface area contributed by atoms with Crippen LogP contribution in [0.4, 0.5) is 0 Å². The first-order chi connectivity index (χ1) is 10.1. The van der Waals surface area contributed by atoms with Crippen molar-refractivity contribution in [3.63, 3.8) is 0 Å². The molecular formula is C17H26N2O2. The normalized spacial score (nSPS) is 17.3. The van der Waals surface area contributed by atoms with Crippen LogP contribution in [0.5, 0.6) is 5.75 Å². The van der Waals surface area contributed by atoms with E-state index in [9.17, 15) is 4.79 Å². The van der Waals surface area contributed by atoms with Crippen molar-refractivity contribution in [3.8, 4) is 5.75 Å². The van der Waals surface area contributed by atoms with Gasteiger partial charge in [-0.05, 0) is 50.0 Å². The Morgan fingerprint density at radius 1 is 1.38 bits per heavy atom. The van der Waals surface area contributed by atoms with Crippen LogP contribution in [0.3, 0.4) is 0 Å². The average molecular weight is 290 g/mol. The van der Waals surface area contributed by atoms with Gasteiger partial charge >= 0.3 is 0 Å². The third-order valence-electron chi connectivity index (χ3n) is 4.59. The number of ether oxygens (including phenoxy) is 1. The van der Waals surface area contributed by atoms with Crippen molar-refractivity contribution in [2.45, 2.75) is 32.7 Å². The van der Waals surface area contributed by atoms with Crippen LogP contribution in [0.1, 0.15) is 31.7 Å². The lowest BCUT2D eigenvalue weighted by atomic mass is 9.75. The molecule has 0 aromatic heterocycles. The van der Waals surface area contributed by atoms with Gasteiger partial charge in [0.2, 0.25) is 5.91 Å². The summed E-state index contributed by atoms with van der Waals surface area (Å²) in [6, 6.07) is 7.91. The lowest BCUT2D eigenvalue weighted by molar-refractivity contribution is -0.143. The fraction of sp³-hybridized carbons (Fsp3) is 0.588. The van der Waals surface area contributed by atoms with Crippen molar-refractivity contribution in [1.29, 1.82) is 0 Å². The number of carbonyl (C=O) groups is 1. The summed E-state index contributed by atoms with van der Waals surface area (Å²) in [7, 11) is 3.57. The Kier molecular flexibility index (Phi) is 5.23. The highest BCUT2D eigenvalue weighted by molar-refractivity contribution is 5.82. The van der Waals surface area contributed by atoms with Crippen LogP contribution in [0.25, 0.3) is 0 Å². The maximum atomic E-state index is 12.9. The fourth-order valence-electron chi connectivity index (χ4n) is 3.15. The largest absolute Gasteiger partial charge is 0.497 e. The summed E-state index contributed by atoms with van der Waals surface area (Å²) in [5.41, 5.74) is 0.921. The Hall–Kier alpha value is -1.55. The maximum absolute atomic E-state index is 12.9. The highest BCUT2D eigenvalue weighted by atomic mass is 16.5. The summed E-state index contributed by atoms with van der Waals surface area (Å²) in [4.78, 5) is 14.7. The van der Waals surface area contributed by atoms with Crippen molar-refractivity contribution < 1.29 is 9.53 Å². The zero-order chi connectivity index (χ0) is 15.3. The van der Waals surface area contributed by atoms with Gasteiger partial charge in [-0.25, -0.2) is 0 Å². The molecule has 0 saturated carbocycles. The van der Waals surface area contributed by atoms with Gasteiger partial charge in [0.15, 0.2) is 0 Å². The number of benzene rings is 1. The van der Waals surface area contributed by atoms with E-state index in [4.69, 9.17) is 4.74 Å². The van der Waals surface area contributed by atoms with Crippen LogP contribution in [-0.2, 0) is 11.3 Å². The van der Waals surface area contributed by atoms with Crippen LogP contribution < -0.4 is 10.1 Å². The zero-order valence-electron chi connectivity index (χ0n) is 13.3. The second-order valence-electron chi connectivity index (χ2n) is 5.90. The number of carbonyl (C=O) groups excluding carboxylic acids is 1. The van der Waals surface area contributed by atoms with Crippen molar-refractivity contribution in [1.82, 2.24) is 10.2 Å². The molecule has 1 N–H and O–H groups in total. The highest BCUT2D eigenvalue weighted by Crippen LogP contribution is 2.34. The van der Waals surface area contributed by atoms with E-state index in [0.717, 1.165) is 43.7 Å². The standard InChI is InChI=1S/C17H26N2O2/c1-4-17(8-10-18-11-9-17)16(20)19(2)13-14-6-5-7-15(12-14)21-3/h5-7,12,18H,4,8-11,13H2,1-3H3. The number of nitrogens with zero attached hydrogens (tertiary/aromatic N) is 1. The van der Waals surface area contributed by atoms with Gasteiger partial charge in [0.1, 0.15) is 5.75 Å². The van der Waals surface area contributed by atoms with Gasteiger partial charge in [0.25, 0.3) is 0 Å². The minimum Gasteiger partial charge on any atom is -0.497 e. The van der Waals surface area contributed by atoms with Gasteiger partial charge in [-0.15, -0.1) is 0 Å². The fourth-order valence-corrected chi connectivity index (χ4v) is 3.15. The van der Waals surface area contributed by atoms with E-state index in [1.54, 1.807) is 7.11 Å². The van der Waals surface area contributed by atoms with E-state index >= 15 is 0 Å². The summed E-state index contributed by atoms with van der Waals surface area (Å²) in [5.74, 6) is 1.11. The van der Waals surface area contributed by atoms with Gasteiger partial charge in [-0.3, -0.25) is 4.79 Å². The second-order valence-corrected chi connectivity index (χ2v) is 5.90. The molecule has 0 spiro atoms. The molecule has 1 saturated heterocycles. The van der Waals surface area contributed by atoms with Gasteiger partial charge < -0.3 is 15.0 Å². The molecule has 1 aromatic rings. The summed E-state index contributed by atoms with van der Waals surface area (Å²) < 4.78 is 5.24. The molecule has 2 rings (SSSR count). The van der Waals surface area contributed by atoms with Crippen molar-refractivity contribution in [2.24, 2.45) is 5.41 Å². The first kappa shape index (κ1) is 15.8. The molecule has 1 aliphatic heterocycles. The smallest absolute Gasteiger partial charge is 0.228 e. The first-order valence-electron chi connectivity index (χ1n) is 7.70. The van der Waals surface area contributed by atoms with E-state index in [1.807, 2.05) is 36.2 Å². The molecule has 1 amide bonds. The lowest BCUT2D eigenvalue weighted by Crippen LogP contribution is -2.47. The van der Waals surface area contributed by atoms with Crippen LogP contribution in [0.2, 0.25) is 0 Å². The molecule has 1 aliphatic rings. The summed E-state index contributed by atoms with van der Waals surface area (Å²) in [6.07, 6.45) is 2.78. The number of hydrogen-bond acceptors (Lipinski definition) is 3. The predicted molar refractivity (Wildman–Crippen MR) is 84.3 cm³/mol. The van der Waals surface area contributed by atoms with Gasteiger partial charge in [0.05, 0.1) is 12.5 Å². The molecule has 0 aliphatic carbocycles. The van der Waals surface area contributed by atoms with Crippen LogP contribution in [-0.4, -0.2) is 38.1 Å². The topological polar surface area (TPSA) is 41.6 Å². The third kappa shape index (κ3) is 3.56. The van der Waals surface area contributed by atoms with E-state index < -0.39 is 0 Å². The van der Waals surface area contributed by atoms with Crippen LogP contribution in [0, 0.1) is 5.41 Å². The molecular weight excluding hydrogens is 264 g/mol. The first-order valence-corrected chi connectivity index (χ1v) is 7.70. The SMILES string of the molecule is CCC1(C(=O)N(C)Cc2cccc(OC)c2)CCNCC1. The molecule has 0 atom stereocenters. The number of amides is 1.